The van der Waals surface area contributed by atoms with Gasteiger partial charge in [0.25, 0.3) is 0 Å². The Balaban J connectivity index is 1.34. The molecule has 0 N–H and O–H groups in total. The van der Waals surface area contributed by atoms with E-state index in [0.717, 1.165) is 37.3 Å². The summed E-state index contributed by atoms with van der Waals surface area (Å²) in [5.74, 6) is -0.810. The van der Waals surface area contributed by atoms with E-state index >= 15 is 0 Å². The zero-order valence-corrected chi connectivity index (χ0v) is 19.4. The molecule has 0 radical (unpaired) electrons. The molecule has 2 aliphatic heterocycles. The third-order valence-corrected chi connectivity index (χ3v) is 8.28. The number of amides is 1. The standard InChI is InChI=1S/C23H27ClFN3O3S/c24-20-5-1-3-18(15-20)16-26-11-13-27(14-12-26)23(29)19-4-2-10-28(17-19)32(30,31)22-8-6-21(25)7-9-22/h1,3,5-9,15,19H,2,4,10-14,16-17H2. The number of halogens is 2. The summed E-state index contributed by atoms with van der Waals surface area (Å²) < 4.78 is 40.4. The predicted molar refractivity (Wildman–Crippen MR) is 121 cm³/mol. The molecule has 172 valence electrons. The normalized spacial score (nSPS) is 20.9. The van der Waals surface area contributed by atoms with Crippen molar-refractivity contribution in [2.24, 2.45) is 5.92 Å². The highest BCUT2D eigenvalue weighted by molar-refractivity contribution is 7.89. The fraction of sp³-hybridized carbons (Fsp3) is 0.435. The molecule has 0 spiro atoms. The van der Waals surface area contributed by atoms with Crippen LogP contribution in [-0.4, -0.2) is 67.7 Å². The molecule has 32 heavy (non-hydrogen) atoms. The van der Waals surface area contributed by atoms with Crippen molar-refractivity contribution in [1.29, 1.82) is 0 Å². The summed E-state index contributed by atoms with van der Waals surface area (Å²) in [4.78, 5) is 17.3. The Morgan fingerprint density at radius 3 is 2.44 bits per heavy atom. The van der Waals surface area contributed by atoms with Crippen LogP contribution >= 0.6 is 11.6 Å². The lowest BCUT2D eigenvalue weighted by Gasteiger charge is -2.38. The van der Waals surface area contributed by atoms with E-state index in [-0.39, 0.29) is 23.3 Å². The summed E-state index contributed by atoms with van der Waals surface area (Å²) in [6.45, 7) is 4.11. The van der Waals surface area contributed by atoms with E-state index < -0.39 is 15.8 Å². The molecule has 1 unspecified atom stereocenters. The summed E-state index contributed by atoms with van der Waals surface area (Å²) in [6, 6.07) is 12.6. The van der Waals surface area contributed by atoms with Crippen LogP contribution in [0, 0.1) is 11.7 Å². The SMILES string of the molecule is O=C(C1CCCN(S(=O)(=O)c2ccc(F)cc2)C1)N1CCN(Cc2cccc(Cl)c2)CC1. The van der Waals surface area contributed by atoms with Crippen LogP contribution < -0.4 is 0 Å². The molecule has 2 aliphatic rings. The van der Waals surface area contributed by atoms with Gasteiger partial charge in [0.15, 0.2) is 0 Å². The highest BCUT2D eigenvalue weighted by atomic mass is 35.5. The van der Waals surface area contributed by atoms with Crippen molar-refractivity contribution in [2.45, 2.75) is 24.3 Å². The fourth-order valence-electron chi connectivity index (χ4n) is 4.40. The number of nitrogens with zero attached hydrogens (tertiary/aromatic N) is 3. The molecule has 0 saturated carbocycles. The van der Waals surface area contributed by atoms with Gasteiger partial charge in [-0.05, 0) is 54.8 Å². The van der Waals surface area contributed by atoms with Gasteiger partial charge in [-0.25, -0.2) is 12.8 Å². The van der Waals surface area contributed by atoms with Gasteiger partial charge in [-0.15, -0.1) is 0 Å². The van der Waals surface area contributed by atoms with E-state index in [0.29, 0.717) is 37.5 Å². The third-order valence-electron chi connectivity index (χ3n) is 6.16. The second-order valence-corrected chi connectivity index (χ2v) is 10.8. The smallest absolute Gasteiger partial charge is 0.243 e. The first kappa shape index (κ1) is 23.2. The van der Waals surface area contributed by atoms with Crippen molar-refractivity contribution in [3.63, 3.8) is 0 Å². The minimum atomic E-state index is -3.75. The summed E-state index contributed by atoms with van der Waals surface area (Å²) in [6.07, 6.45) is 1.31. The minimum absolute atomic E-state index is 0.0198. The molecule has 2 saturated heterocycles. The number of hydrogen-bond acceptors (Lipinski definition) is 4. The van der Waals surface area contributed by atoms with E-state index in [9.17, 15) is 17.6 Å². The van der Waals surface area contributed by atoms with E-state index in [1.54, 1.807) is 0 Å². The van der Waals surface area contributed by atoms with Gasteiger partial charge in [0, 0.05) is 50.8 Å². The number of carbonyl (C=O) groups is 1. The monoisotopic (exact) mass is 479 g/mol. The summed E-state index contributed by atoms with van der Waals surface area (Å²) >= 11 is 6.07. The molecule has 0 aromatic heterocycles. The Morgan fingerprint density at radius 2 is 1.75 bits per heavy atom. The number of hydrogen-bond donors (Lipinski definition) is 0. The quantitative estimate of drug-likeness (QED) is 0.660. The van der Waals surface area contributed by atoms with Gasteiger partial charge in [-0.2, -0.15) is 4.31 Å². The Bertz CT molecular complexity index is 1060. The first-order valence-electron chi connectivity index (χ1n) is 10.8. The molecule has 0 aliphatic carbocycles. The van der Waals surface area contributed by atoms with Crippen molar-refractivity contribution < 1.29 is 17.6 Å². The maximum atomic E-state index is 13.2. The van der Waals surface area contributed by atoms with Gasteiger partial charge in [-0.1, -0.05) is 23.7 Å². The van der Waals surface area contributed by atoms with Gasteiger partial charge in [-0.3, -0.25) is 9.69 Å². The minimum Gasteiger partial charge on any atom is -0.340 e. The maximum absolute atomic E-state index is 13.2. The molecular weight excluding hydrogens is 453 g/mol. The highest BCUT2D eigenvalue weighted by Gasteiger charge is 2.35. The van der Waals surface area contributed by atoms with E-state index in [2.05, 4.69) is 4.90 Å². The summed E-state index contributed by atoms with van der Waals surface area (Å²) in [5.41, 5.74) is 1.14. The molecule has 2 aromatic rings. The van der Waals surface area contributed by atoms with Gasteiger partial charge in [0.2, 0.25) is 15.9 Å². The lowest BCUT2D eigenvalue weighted by molar-refractivity contribution is -0.138. The van der Waals surface area contributed by atoms with Crippen LogP contribution in [0.15, 0.2) is 53.4 Å². The molecule has 6 nitrogen and oxygen atoms in total. The molecule has 2 fully saturated rings. The van der Waals surface area contributed by atoms with Crippen molar-refractivity contribution >= 4 is 27.5 Å². The summed E-state index contributed by atoms with van der Waals surface area (Å²) in [7, 11) is -3.75. The average molecular weight is 480 g/mol. The van der Waals surface area contributed by atoms with Crippen molar-refractivity contribution in [1.82, 2.24) is 14.1 Å². The average Bonchev–Trinajstić information content (AvgIpc) is 2.79. The first-order chi connectivity index (χ1) is 15.3. The number of sulfonamides is 1. The first-order valence-corrected chi connectivity index (χ1v) is 12.7. The number of piperazine rings is 1. The Hall–Kier alpha value is -2.00. The second kappa shape index (κ2) is 9.87. The molecule has 2 heterocycles. The van der Waals surface area contributed by atoms with Crippen LogP contribution in [0.3, 0.4) is 0 Å². The summed E-state index contributed by atoms with van der Waals surface area (Å²) in [5, 5.41) is 0.716. The number of carbonyl (C=O) groups excluding carboxylic acids is 1. The predicted octanol–water partition coefficient (Wildman–Crippen LogP) is 3.22. The topological polar surface area (TPSA) is 60.9 Å². The number of piperidine rings is 1. The molecule has 0 bridgehead atoms. The Kier molecular flexibility index (Phi) is 7.14. The van der Waals surface area contributed by atoms with E-state index in [1.807, 2.05) is 29.2 Å². The zero-order valence-electron chi connectivity index (χ0n) is 17.8. The Labute approximate surface area is 193 Å². The van der Waals surface area contributed by atoms with Crippen molar-refractivity contribution in [2.75, 3.05) is 39.3 Å². The second-order valence-electron chi connectivity index (χ2n) is 8.39. The van der Waals surface area contributed by atoms with Crippen molar-refractivity contribution in [3.8, 4) is 0 Å². The van der Waals surface area contributed by atoms with Crippen LogP contribution in [0.2, 0.25) is 5.02 Å². The lowest BCUT2D eigenvalue weighted by Crippen LogP contribution is -2.52. The Morgan fingerprint density at radius 1 is 1.03 bits per heavy atom. The molecule has 1 atom stereocenters. The van der Waals surface area contributed by atoms with E-state index in [1.165, 1.54) is 16.4 Å². The van der Waals surface area contributed by atoms with Crippen LogP contribution in [-0.2, 0) is 21.4 Å². The van der Waals surface area contributed by atoms with Gasteiger partial charge in [0.1, 0.15) is 5.82 Å². The van der Waals surface area contributed by atoms with Gasteiger partial charge in [0.05, 0.1) is 10.8 Å². The number of benzene rings is 2. The van der Waals surface area contributed by atoms with Crippen LogP contribution in [0.5, 0.6) is 0 Å². The largest absolute Gasteiger partial charge is 0.340 e. The number of rotatable bonds is 5. The molecule has 1 amide bonds. The third kappa shape index (κ3) is 5.31. The lowest BCUT2D eigenvalue weighted by atomic mass is 9.97. The van der Waals surface area contributed by atoms with Gasteiger partial charge >= 0.3 is 0 Å². The zero-order chi connectivity index (χ0) is 22.7. The van der Waals surface area contributed by atoms with E-state index in [4.69, 9.17) is 11.6 Å². The maximum Gasteiger partial charge on any atom is 0.243 e. The van der Waals surface area contributed by atoms with Crippen molar-refractivity contribution in [3.05, 3.63) is 64.9 Å². The fourth-order valence-corrected chi connectivity index (χ4v) is 6.13. The van der Waals surface area contributed by atoms with Gasteiger partial charge < -0.3 is 4.90 Å². The van der Waals surface area contributed by atoms with Crippen LogP contribution in [0.1, 0.15) is 18.4 Å². The van der Waals surface area contributed by atoms with Crippen LogP contribution in [0.25, 0.3) is 0 Å². The van der Waals surface area contributed by atoms with Crippen LogP contribution in [0.4, 0.5) is 4.39 Å². The molecule has 4 rings (SSSR count). The molecule has 9 heteroatoms. The highest BCUT2D eigenvalue weighted by Crippen LogP contribution is 2.26. The molecule has 2 aromatic carbocycles. The molecular formula is C23H27ClFN3O3S.